The number of nitrogens with one attached hydrogen (secondary N) is 1. The first kappa shape index (κ1) is 20.9. The summed E-state index contributed by atoms with van der Waals surface area (Å²) in [5.74, 6) is -0.00298. The Labute approximate surface area is 194 Å². The Morgan fingerprint density at radius 1 is 1.06 bits per heavy atom. The van der Waals surface area contributed by atoms with Crippen LogP contribution in [0, 0.1) is 0 Å². The molecule has 0 aliphatic heterocycles. The van der Waals surface area contributed by atoms with Crippen molar-refractivity contribution in [3.63, 3.8) is 0 Å². The highest BCUT2D eigenvalue weighted by Crippen LogP contribution is 2.37. The van der Waals surface area contributed by atoms with Crippen LogP contribution < -0.4 is 11.2 Å². The molecule has 5 aromatic rings. The molecule has 3 heterocycles. The van der Waals surface area contributed by atoms with Gasteiger partial charge in [0.2, 0.25) is 5.88 Å². The molecule has 3 aromatic heterocycles. The first-order valence-electron chi connectivity index (χ1n) is 9.97. The smallest absolute Gasteiger partial charge is 0.332 e. The van der Waals surface area contributed by atoms with Gasteiger partial charge in [-0.2, -0.15) is 4.98 Å². The average molecular weight is 508 g/mol. The van der Waals surface area contributed by atoms with E-state index in [1.54, 1.807) is 11.6 Å². The Hall–Kier alpha value is -3.99. The van der Waals surface area contributed by atoms with E-state index in [4.69, 9.17) is 0 Å². The highest BCUT2D eigenvalue weighted by Gasteiger charge is 2.20. The zero-order valence-electron chi connectivity index (χ0n) is 17.7. The van der Waals surface area contributed by atoms with Crippen molar-refractivity contribution in [3.05, 3.63) is 79.4 Å². The number of aryl methyl sites for hydroxylation is 1. The number of halogens is 1. The van der Waals surface area contributed by atoms with E-state index in [0.717, 1.165) is 14.6 Å². The SMILES string of the molecule is Cn1c(=O)c2c(nc(N=Nc3c(O)[nH]c4ccc(Br)cc34)n2Cc2ccccc2)n(C)c1=O. The summed E-state index contributed by atoms with van der Waals surface area (Å²) < 4.78 is 4.78. The maximum Gasteiger partial charge on any atom is 0.332 e. The van der Waals surface area contributed by atoms with Crippen LogP contribution in [0.3, 0.4) is 0 Å². The lowest BCUT2D eigenvalue weighted by Gasteiger charge is -2.07. The minimum atomic E-state index is -0.487. The monoisotopic (exact) mass is 507 g/mol. The fourth-order valence-corrected chi connectivity index (χ4v) is 4.12. The Morgan fingerprint density at radius 2 is 1.82 bits per heavy atom. The Balaban J connectivity index is 1.74. The third-order valence-electron chi connectivity index (χ3n) is 5.46. The van der Waals surface area contributed by atoms with E-state index in [-0.39, 0.29) is 28.7 Å². The van der Waals surface area contributed by atoms with Gasteiger partial charge >= 0.3 is 5.69 Å². The molecule has 0 atom stereocenters. The summed E-state index contributed by atoms with van der Waals surface area (Å²) in [6.45, 7) is 0.296. The molecule has 0 aliphatic carbocycles. The van der Waals surface area contributed by atoms with E-state index in [1.807, 2.05) is 48.5 Å². The lowest BCUT2D eigenvalue weighted by molar-refractivity contribution is 0.459. The zero-order valence-corrected chi connectivity index (χ0v) is 19.2. The molecule has 10 nitrogen and oxygen atoms in total. The molecule has 2 aromatic carbocycles. The molecule has 0 saturated carbocycles. The first-order chi connectivity index (χ1) is 15.8. The molecular formula is C22H18BrN7O3. The Kier molecular flexibility index (Phi) is 4.97. The van der Waals surface area contributed by atoms with Crippen molar-refractivity contribution in [1.82, 2.24) is 23.7 Å². The van der Waals surface area contributed by atoms with Gasteiger partial charge < -0.3 is 10.1 Å². The van der Waals surface area contributed by atoms with E-state index in [1.165, 1.54) is 11.6 Å². The van der Waals surface area contributed by atoms with Gasteiger partial charge in [0.1, 0.15) is 0 Å². The minimum Gasteiger partial charge on any atom is -0.493 e. The van der Waals surface area contributed by atoms with E-state index < -0.39 is 11.2 Å². The molecule has 5 rings (SSSR count). The second-order valence-electron chi connectivity index (χ2n) is 7.57. The van der Waals surface area contributed by atoms with Crippen molar-refractivity contribution in [2.75, 3.05) is 0 Å². The predicted octanol–water partition coefficient (Wildman–Crippen LogP) is 3.85. The average Bonchev–Trinajstić information content (AvgIpc) is 3.32. The van der Waals surface area contributed by atoms with Gasteiger partial charge in [0.05, 0.1) is 12.1 Å². The molecule has 11 heteroatoms. The first-order valence-corrected chi connectivity index (χ1v) is 10.8. The second-order valence-corrected chi connectivity index (χ2v) is 8.49. The second kappa shape index (κ2) is 7.85. The third kappa shape index (κ3) is 3.46. The van der Waals surface area contributed by atoms with Gasteiger partial charge in [-0.3, -0.25) is 18.5 Å². The summed E-state index contributed by atoms with van der Waals surface area (Å²) in [4.78, 5) is 32.7. The fraction of sp³-hybridized carbons (Fsp3) is 0.136. The summed E-state index contributed by atoms with van der Waals surface area (Å²) in [6, 6.07) is 15.0. The highest BCUT2D eigenvalue weighted by molar-refractivity contribution is 9.10. The van der Waals surface area contributed by atoms with Crippen LogP contribution in [-0.2, 0) is 20.6 Å². The molecular weight excluding hydrogens is 490 g/mol. The number of nitrogens with zero attached hydrogens (tertiary/aromatic N) is 6. The van der Waals surface area contributed by atoms with Gasteiger partial charge in [-0.1, -0.05) is 46.3 Å². The highest BCUT2D eigenvalue weighted by atomic mass is 79.9. The van der Waals surface area contributed by atoms with Crippen LogP contribution in [-0.4, -0.2) is 28.8 Å². The largest absolute Gasteiger partial charge is 0.493 e. The standard InChI is InChI=1S/C22H18BrN7O3/c1-28-18-17(20(32)29(2)22(28)33)30(11-12-6-4-3-5-7-12)21(25-18)27-26-16-14-10-13(23)8-9-15(14)24-19(16)31/h3-10,24,31H,11H2,1-2H3. The number of imidazole rings is 1. The van der Waals surface area contributed by atoms with E-state index in [9.17, 15) is 14.7 Å². The summed E-state index contributed by atoms with van der Waals surface area (Å²) in [5, 5.41) is 19.6. The maximum atomic E-state index is 13.0. The zero-order chi connectivity index (χ0) is 23.3. The lowest BCUT2D eigenvalue weighted by Crippen LogP contribution is -2.37. The molecule has 0 fully saturated rings. The Morgan fingerprint density at radius 3 is 2.58 bits per heavy atom. The van der Waals surface area contributed by atoms with Crippen LogP contribution in [0.25, 0.3) is 22.1 Å². The van der Waals surface area contributed by atoms with Crippen molar-refractivity contribution >= 4 is 49.6 Å². The fourth-order valence-electron chi connectivity index (χ4n) is 3.76. The lowest BCUT2D eigenvalue weighted by atomic mass is 10.2. The van der Waals surface area contributed by atoms with Crippen molar-refractivity contribution in [2.24, 2.45) is 24.3 Å². The van der Waals surface area contributed by atoms with Crippen LogP contribution in [0.15, 0.2) is 72.8 Å². The van der Waals surface area contributed by atoms with E-state index in [2.05, 4.69) is 36.1 Å². The molecule has 166 valence electrons. The van der Waals surface area contributed by atoms with Gasteiger partial charge in [-0.25, -0.2) is 4.79 Å². The number of hydrogen-bond acceptors (Lipinski definition) is 6. The molecule has 0 saturated heterocycles. The van der Waals surface area contributed by atoms with E-state index >= 15 is 0 Å². The number of aromatic nitrogens is 5. The number of H-pyrrole nitrogens is 1. The van der Waals surface area contributed by atoms with Gasteiger partial charge in [0, 0.05) is 24.0 Å². The van der Waals surface area contributed by atoms with Gasteiger partial charge in [0.15, 0.2) is 16.9 Å². The van der Waals surface area contributed by atoms with E-state index in [0.29, 0.717) is 17.4 Å². The van der Waals surface area contributed by atoms with Crippen molar-refractivity contribution in [2.45, 2.75) is 6.54 Å². The molecule has 0 unspecified atom stereocenters. The van der Waals surface area contributed by atoms with Crippen LogP contribution >= 0.6 is 15.9 Å². The third-order valence-corrected chi connectivity index (χ3v) is 5.96. The summed E-state index contributed by atoms with van der Waals surface area (Å²) >= 11 is 3.42. The number of aromatic hydroxyl groups is 1. The van der Waals surface area contributed by atoms with Gasteiger partial charge in [0.25, 0.3) is 11.5 Å². The van der Waals surface area contributed by atoms with Crippen LogP contribution in [0.5, 0.6) is 5.88 Å². The minimum absolute atomic E-state index is 0.135. The number of azo groups is 1. The maximum absolute atomic E-state index is 13.0. The molecule has 0 spiro atoms. The van der Waals surface area contributed by atoms with Crippen molar-refractivity contribution in [1.29, 1.82) is 0 Å². The Bertz CT molecular complexity index is 1680. The number of aromatic amines is 1. The summed E-state index contributed by atoms with van der Waals surface area (Å²) in [7, 11) is 2.97. The van der Waals surface area contributed by atoms with Crippen LogP contribution in [0.2, 0.25) is 0 Å². The van der Waals surface area contributed by atoms with Crippen LogP contribution in [0.1, 0.15) is 5.56 Å². The van der Waals surface area contributed by atoms with Crippen molar-refractivity contribution in [3.8, 4) is 5.88 Å². The molecule has 0 amide bonds. The summed E-state index contributed by atoms with van der Waals surface area (Å²) in [6.07, 6.45) is 0. The molecule has 0 radical (unpaired) electrons. The number of rotatable bonds is 4. The number of benzene rings is 2. The quantitative estimate of drug-likeness (QED) is 0.358. The van der Waals surface area contributed by atoms with Crippen molar-refractivity contribution < 1.29 is 5.11 Å². The topological polar surface area (TPSA) is 123 Å². The van der Waals surface area contributed by atoms with Crippen LogP contribution in [0.4, 0.5) is 11.6 Å². The van der Waals surface area contributed by atoms with Gasteiger partial charge in [-0.05, 0) is 23.8 Å². The number of hydrogen-bond donors (Lipinski definition) is 2. The summed E-state index contributed by atoms with van der Waals surface area (Å²) in [5.41, 5.74) is 1.34. The molecule has 0 aliphatic rings. The predicted molar refractivity (Wildman–Crippen MR) is 128 cm³/mol. The molecule has 0 bridgehead atoms. The molecule has 33 heavy (non-hydrogen) atoms. The number of fused-ring (bicyclic) bond motifs is 2. The molecule has 2 N–H and O–H groups in total. The van der Waals surface area contributed by atoms with Gasteiger partial charge in [-0.15, -0.1) is 10.2 Å². The normalized spacial score (nSPS) is 11.8.